The van der Waals surface area contributed by atoms with E-state index in [9.17, 15) is 9.18 Å². The van der Waals surface area contributed by atoms with Crippen LogP contribution in [-0.2, 0) is 10.2 Å². The molecule has 1 aliphatic rings. The second kappa shape index (κ2) is 14.7. The minimum absolute atomic E-state index is 0.0196. The van der Waals surface area contributed by atoms with Crippen LogP contribution in [0.4, 0.5) is 4.39 Å². The molecular formula is C34H46FN3O. The number of Topliss-reactive ketones (excluding diaryl/α,β-unsaturated/α-hetero) is 1. The number of nitrogens with one attached hydrogen (secondary N) is 2. The third-order valence-electron chi connectivity index (χ3n) is 7.33. The van der Waals surface area contributed by atoms with Crippen molar-refractivity contribution in [1.82, 2.24) is 10.6 Å². The Morgan fingerprint density at radius 3 is 2.46 bits per heavy atom. The van der Waals surface area contributed by atoms with E-state index in [4.69, 9.17) is 4.99 Å². The summed E-state index contributed by atoms with van der Waals surface area (Å²) < 4.78 is 14.3. The van der Waals surface area contributed by atoms with Gasteiger partial charge < -0.3 is 10.6 Å². The highest BCUT2D eigenvalue weighted by atomic mass is 19.1. The Labute approximate surface area is 235 Å². The summed E-state index contributed by atoms with van der Waals surface area (Å²) in [7, 11) is 0. The molecule has 5 heteroatoms. The first-order valence-corrected chi connectivity index (χ1v) is 13.9. The van der Waals surface area contributed by atoms with Crippen molar-refractivity contribution < 1.29 is 9.18 Å². The fourth-order valence-corrected chi connectivity index (χ4v) is 5.08. The van der Waals surface area contributed by atoms with E-state index < -0.39 is 11.2 Å². The van der Waals surface area contributed by atoms with E-state index in [2.05, 4.69) is 48.9 Å². The third-order valence-corrected chi connectivity index (χ3v) is 7.33. The molecule has 2 N–H and O–H groups in total. The lowest BCUT2D eigenvalue weighted by molar-refractivity contribution is -0.128. The Morgan fingerprint density at radius 2 is 1.92 bits per heavy atom. The molecule has 0 spiro atoms. The van der Waals surface area contributed by atoms with E-state index >= 15 is 0 Å². The van der Waals surface area contributed by atoms with Crippen LogP contribution >= 0.6 is 0 Å². The largest absolute Gasteiger partial charge is 0.356 e. The van der Waals surface area contributed by atoms with Crippen LogP contribution in [0, 0.1) is 12.8 Å². The molecule has 0 aliphatic carbocycles. The molecule has 0 radical (unpaired) electrons. The van der Waals surface area contributed by atoms with E-state index in [1.807, 2.05) is 53.8 Å². The Hall–Kier alpha value is -3.31. The highest BCUT2D eigenvalue weighted by Gasteiger charge is 2.42. The van der Waals surface area contributed by atoms with Gasteiger partial charge in [-0.25, -0.2) is 4.39 Å². The first-order valence-electron chi connectivity index (χ1n) is 13.9. The molecule has 0 bridgehead atoms. The van der Waals surface area contributed by atoms with Crippen molar-refractivity contribution >= 4 is 17.6 Å². The smallest absolute Gasteiger partial charge is 0.146 e. The van der Waals surface area contributed by atoms with Gasteiger partial charge in [0.1, 0.15) is 11.6 Å². The number of carbonyl (C=O) groups excluding carboxylic acids is 1. The monoisotopic (exact) mass is 531 g/mol. The average Bonchev–Trinajstić information content (AvgIpc) is 2.93. The number of nitrogens with zero attached hydrogens (tertiary/aromatic N) is 1. The zero-order valence-corrected chi connectivity index (χ0v) is 24.9. The Bertz CT molecular complexity index is 1220. The number of aliphatic imine (C=N–C) groups is 1. The molecule has 1 aromatic rings. The van der Waals surface area contributed by atoms with Crippen molar-refractivity contribution in [3.8, 4) is 0 Å². The van der Waals surface area contributed by atoms with Crippen molar-refractivity contribution in [1.29, 1.82) is 0 Å². The highest BCUT2D eigenvalue weighted by molar-refractivity contribution is 5.92. The van der Waals surface area contributed by atoms with Crippen LogP contribution in [0.2, 0.25) is 0 Å². The minimum Gasteiger partial charge on any atom is -0.356 e. The van der Waals surface area contributed by atoms with Gasteiger partial charge in [0.25, 0.3) is 0 Å². The van der Waals surface area contributed by atoms with Gasteiger partial charge >= 0.3 is 0 Å². The Kier molecular flexibility index (Phi) is 12.1. The summed E-state index contributed by atoms with van der Waals surface area (Å²) in [5.74, 6) is -0.128. The van der Waals surface area contributed by atoms with E-state index in [0.717, 1.165) is 71.6 Å². The maximum Gasteiger partial charge on any atom is 0.146 e. The van der Waals surface area contributed by atoms with Crippen molar-refractivity contribution in [3.63, 3.8) is 0 Å². The van der Waals surface area contributed by atoms with Gasteiger partial charge in [-0.05, 0) is 106 Å². The molecule has 2 rings (SSSR count). The fraction of sp³-hybridized carbons (Fsp3) is 0.412. The van der Waals surface area contributed by atoms with Gasteiger partial charge in [-0.15, -0.1) is 0 Å². The zero-order valence-electron chi connectivity index (χ0n) is 24.9. The number of carbonyl (C=O) groups is 1. The number of halogens is 1. The van der Waals surface area contributed by atoms with E-state index in [-0.39, 0.29) is 5.92 Å². The standard InChI is InChI=1S/C34H46FN3O/c1-10-13-31(30(35)12-3)38-27(9)26(8)32(37-18-11-2)22-24(6)28-14-15-29(25(7)21-28)34(33(39)23(4)5)16-19-36-20-17-34/h10,12-15,18,21-23,36,38H,3,6,11,16-17,19-20H2,1-2,4-5,7-9H3/b13-10-,27-26+,31-30-,32-22+,37-18?. The topological polar surface area (TPSA) is 53.5 Å². The molecule has 1 aliphatic heterocycles. The molecule has 4 nitrogen and oxygen atoms in total. The third kappa shape index (κ3) is 7.86. The van der Waals surface area contributed by atoms with Gasteiger partial charge in [-0.2, -0.15) is 0 Å². The summed E-state index contributed by atoms with van der Waals surface area (Å²) in [5.41, 5.74) is 6.31. The number of rotatable bonds is 12. The second-order valence-electron chi connectivity index (χ2n) is 10.5. The summed E-state index contributed by atoms with van der Waals surface area (Å²) in [6.45, 7) is 23.4. The van der Waals surface area contributed by atoms with Gasteiger partial charge in [-0.3, -0.25) is 9.79 Å². The molecule has 0 amide bonds. The first kappa shape index (κ1) is 31.9. The molecule has 1 aromatic carbocycles. The van der Waals surface area contributed by atoms with Gasteiger partial charge in [0.05, 0.1) is 16.8 Å². The fourth-order valence-electron chi connectivity index (χ4n) is 5.08. The Balaban J connectivity index is 2.50. The van der Waals surface area contributed by atoms with Gasteiger partial charge in [0, 0.05) is 17.8 Å². The summed E-state index contributed by atoms with van der Waals surface area (Å²) in [5, 5.41) is 6.57. The van der Waals surface area contributed by atoms with Crippen molar-refractivity contribution in [3.05, 3.63) is 101 Å². The molecular weight excluding hydrogens is 485 g/mol. The number of ketones is 1. The number of allylic oxidation sites excluding steroid dienone is 8. The van der Waals surface area contributed by atoms with Crippen LogP contribution in [0.5, 0.6) is 0 Å². The summed E-state index contributed by atoms with van der Waals surface area (Å²) in [4.78, 5) is 18.1. The first-order chi connectivity index (χ1) is 18.5. The summed E-state index contributed by atoms with van der Waals surface area (Å²) >= 11 is 0. The molecule has 0 saturated carbocycles. The lowest BCUT2D eigenvalue weighted by atomic mass is 9.66. The van der Waals surface area contributed by atoms with Crippen molar-refractivity contribution in [2.75, 3.05) is 13.1 Å². The lowest BCUT2D eigenvalue weighted by Crippen LogP contribution is -2.47. The predicted molar refractivity (Wildman–Crippen MR) is 165 cm³/mol. The number of piperidine rings is 1. The van der Waals surface area contributed by atoms with Gasteiger partial charge in [-0.1, -0.05) is 58.2 Å². The molecule has 1 fully saturated rings. The molecule has 1 saturated heterocycles. The maximum absolute atomic E-state index is 14.3. The minimum atomic E-state index is -0.448. The van der Waals surface area contributed by atoms with Crippen LogP contribution in [0.1, 0.15) is 77.5 Å². The quantitative estimate of drug-likeness (QED) is 0.212. The van der Waals surface area contributed by atoms with E-state index in [0.29, 0.717) is 11.5 Å². The van der Waals surface area contributed by atoms with E-state index in [1.165, 1.54) is 6.08 Å². The lowest BCUT2D eigenvalue weighted by Gasteiger charge is -2.39. The normalized spacial score (nSPS) is 17.3. The molecule has 210 valence electrons. The number of benzene rings is 1. The number of hydrogen-bond acceptors (Lipinski definition) is 4. The van der Waals surface area contributed by atoms with Crippen LogP contribution in [-0.4, -0.2) is 25.1 Å². The molecule has 39 heavy (non-hydrogen) atoms. The molecule has 0 unspecified atom stereocenters. The SMILES string of the molecule is C=C/C(F)=C(\C=C/C)N/C(C)=C(C)/C(=C\C(=C)c1ccc(C2(C(=O)C(C)C)CCNCC2)c(C)c1)N=CCC. The number of hydrogen-bond donors (Lipinski definition) is 2. The van der Waals surface area contributed by atoms with E-state index in [1.54, 1.807) is 12.2 Å². The summed E-state index contributed by atoms with van der Waals surface area (Å²) in [6.07, 6.45) is 10.9. The predicted octanol–water partition coefficient (Wildman–Crippen LogP) is 8.05. The maximum atomic E-state index is 14.3. The second-order valence-corrected chi connectivity index (χ2v) is 10.5. The average molecular weight is 532 g/mol. The zero-order chi connectivity index (χ0) is 29.2. The Morgan fingerprint density at radius 1 is 1.26 bits per heavy atom. The van der Waals surface area contributed by atoms with Crippen LogP contribution in [0.15, 0.2) is 89.1 Å². The van der Waals surface area contributed by atoms with Crippen LogP contribution in [0.3, 0.4) is 0 Å². The summed E-state index contributed by atoms with van der Waals surface area (Å²) in [6, 6.07) is 6.31. The van der Waals surface area contributed by atoms with Crippen molar-refractivity contribution in [2.24, 2.45) is 10.9 Å². The van der Waals surface area contributed by atoms with Gasteiger partial charge in [0.2, 0.25) is 0 Å². The van der Waals surface area contributed by atoms with Gasteiger partial charge in [0.15, 0.2) is 0 Å². The molecule has 0 aromatic heterocycles. The molecule has 0 atom stereocenters. The highest BCUT2D eigenvalue weighted by Crippen LogP contribution is 2.39. The van der Waals surface area contributed by atoms with Crippen LogP contribution < -0.4 is 10.6 Å². The molecule has 1 heterocycles. The van der Waals surface area contributed by atoms with Crippen LogP contribution in [0.25, 0.3) is 5.57 Å². The van der Waals surface area contributed by atoms with Crippen molar-refractivity contribution in [2.45, 2.75) is 73.1 Å². The number of aryl methyl sites for hydroxylation is 1.